The Bertz CT molecular complexity index is 2770. The third-order valence-electron chi connectivity index (χ3n) is 9.11. The Balaban J connectivity index is 1.14. The van der Waals surface area contributed by atoms with Crippen molar-refractivity contribution in [2.24, 2.45) is 0 Å². The van der Waals surface area contributed by atoms with Crippen LogP contribution in [0.25, 0.3) is 72.3 Å². The van der Waals surface area contributed by atoms with Gasteiger partial charge >= 0.3 is 0 Å². The first-order valence-corrected chi connectivity index (χ1v) is 18.4. The van der Waals surface area contributed by atoms with Crippen molar-refractivity contribution in [3.05, 3.63) is 158 Å². The van der Waals surface area contributed by atoms with E-state index in [0.29, 0.717) is 0 Å². The van der Waals surface area contributed by atoms with Gasteiger partial charge in [0.05, 0.1) is 10.2 Å². The first-order chi connectivity index (χ1) is 23.8. The molecule has 2 nitrogen and oxygen atoms in total. The molecule has 5 heteroatoms. The van der Waals surface area contributed by atoms with E-state index in [-0.39, 0.29) is 0 Å². The number of anilines is 3. The zero-order valence-electron chi connectivity index (χ0n) is 25.6. The highest BCUT2D eigenvalue weighted by atomic mass is 32.1. The van der Waals surface area contributed by atoms with E-state index < -0.39 is 0 Å². The molecule has 0 unspecified atom stereocenters. The molecular weight excluding hydrogens is 641 g/mol. The molecule has 3 heterocycles. The Hall–Kier alpha value is -5.33. The molecule has 0 spiro atoms. The van der Waals surface area contributed by atoms with Crippen molar-refractivity contribution in [2.45, 2.75) is 0 Å². The van der Waals surface area contributed by atoms with Crippen LogP contribution in [-0.4, -0.2) is 4.98 Å². The number of benzene rings is 7. The Labute approximate surface area is 289 Å². The normalized spacial score (nSPS) is 11.8. The number of hydrogen-bond acceptors (Lipinski definition) is 5. The second-order valence-electron chi connectivity index (χ2n) is 12.0. The average Bonchev–Trinajstić information content (AvgIpc) is 3.86. The third-order valence-corrected chi connectivity index (χ3v) is 12.4. The van der Waals surface area contributed by atoms with Gasteiger partial charge in [-0.25, -0.2) is 4.98 Å². The Morgan fingerprint density at radius 1 is 0.375 bits per heavy atom. The fourth-order valence-electron chi connectivity index (χ4n) is 6.82. The molecule has 0 atom stereocenters. The summed E-state index contributed by atoms with van der Waals surface area (Å²) in [5.41, 5.74) is 8.10. The van der Waals surface area contributed by atoms with E-state index in [9.17, 15) is 0 Å². The standard InChI is InChI=1S/C43H26N2S3/c1-3-9-27(10-4-1)28-15-17-30(18-16-28)45(31-20-22-37-35(25-31)33-13-7-8-14-36(33)46-37)32-19-21-34-40(26-32)47-38-23-24-39-42(41(34)38)44-43(48-39)29-11-5-2-6-12-29/h1-26H. The van der Waals surface area contributed by atoms with Crippen LogP contribution < -0.4 is 4.90 Å². The Morgan fingerprint density at radius 3 is 1.81 bits per heavy atom. The topological polar surface area (TPSA) is 16.1 Å². The smallest absolute Gasteiger partial charge is 0.124 e. The maximum absolute atomic E-state index is 5.18. The molecule has 10 rings (SSSR count). The molecule has 0 amide bonds. The number of thiophene rings is 2. The fraction of sp³-hybridized carbons (Fsp3) is 0. The zero-order chi connectivity index (χ0) is 31.6. The summed E-state index contributed by atoms with van der Waals surface area (Å²) < 4.78 is 6.38. The number of nitrogens with zero attached hydrogens (tertiary/aromatic N) is 2. The van der Waals surface area contributed by atoms with Crippen molar-refractivity contribution in [1.82, 2.24) is 4.98 Å². The van der Waals surface area contributed by atoms with Crippen LogP contribution in [0.4, 0.5) is 17.1 Å². The predicted molar refractivity (Wildman–Crippen MR) is 211 cm³/mol. The lowest BCUT2D eigenvalue weighted by atomic mass is 10.0. The van der Waals surface area contributed by atoms with Gasteiger partial charge in [-0.1, -0.05) is 97.1 Å². The van der Waals surface area contributed by atoms with Gasteiger partial charge in [-0.05, 0) is 71.8 Å². The molecule has 0 N–H and O–H groups in total. The molecule has 0 fully saturated rings. The van der Waals surface area contributed by atoms with E-state index in [1.165, 1.54) is 56.2 Å². The Morgan fingerprint density at radius 2 is 0.979 bits per heavy atom. The van der Waals surface area contributed by atoms with Crippen molar-refractivity contribution >= 4 is 102 Å². The van der Waals surface area contributed by atoms with E-state index >= 15 is 0 Å². The van der Waals surface area contributed by atoms with E-state index in [1.807, 2.05) is 22.7 Å². The monoisotopic (exact) mass is 666 g/mol. The number of aromatic nitrogens is 1. The SMILES string of the molecule is c1ccc(-c2ccc(N(c3ccc4c(c3)sc3ccc5sc(-c6ccccc6)nc5c34)c3ccc4sc5ccccc5c4c3)cc2)cc1. The maximum atomic E-state index is 5.18. The molecule has 0 aliphatic heterocycles. The third kappa shape index (κ3) is 4.54. The molecular formula is C43H26N2S3. The minimum atomic E-state index is 1.07. The zero-order valence-corrected chi connectivity index (χ0v) is 28.1. The molecule has 226 valence electrons. The lowest BCUT2D eigenvalue weighted by Gasteiger charge is -2.26. The predicted octanol–water partition coefficient (Wildman–Crippen LogP) is 13.8. The summed E-state index contributed by atoms with van der Waals surface area (Å²) in [5, 5.41) is 6.17. The van der Waals surface area contributed by atoms with Gasteiger partial charge in [-0.2, -0.15) is 0 Å². The summed E-state index contributed by atoms with van der Waals surface area (Å²) in [7, 11) is 0. The first kappa shape index (κ1) is 27.8. The Kier molecular flexibility index (Phi) is 6.44. The van der Waals surface area contributed by atoms with E-state index in [0.717, 1.165) is 33.1 Å². The highest BCUT2D eigenvalue weighted by Crippen LogP contribution is 2.45. The summed E-state index contributed by atoms with van der Waals surface area (Å²) in [5.74, 6) is 0. The average molecular weight is 667 g/mol. The summed E-state index contributed by atoms with van der Waals surface area (Å²) in [4.78, 5) is 7.58. The number of hydrogen-bond donors (Lipinski definition) is 0. The van der Waals surface area contributed by atoms with Crippen LogP contribution in [0.1, 0.15) is 0 Å². The lowest BCUT2D eigenvalue weighted by molar-refractivity contribution is 1.30. The lowest BCUT2D eigenvalue weighted by Crippen LogP contribution is -2.09. The maximum Gasteiger partial charge on any atom is 0.124 e. The van der Waals surface area contributed by atoms with Gasteiger partial charge in [0.15, 0.2) is 0 Å². The van der Waals surface area contributed by atoms with Crippen LogP contribution in [0, 0.1) is 0 Å². The minimum absolute atomic E-state index is 1.07. The minimum Gasteiger partial charge on any atom is -0.310 e. The highest BCUT2D eigenvalue weighted by molar-refractivity contribution is 7.27. The van der Waals surface area contributed by atoms with Gasteiger partial charge in [0.25, 0.3) is 0 Å². The molecule has 48 heavy (non-hydrogen) atoms. The van der Waals surface area contributed by atoms with Crippen molar-refractivity contribution in [3.8, 4) is 21.7 Å². The second kappa shape index (κ2) is 11.1. The van der Waals surface area contributed by atoms with Crippen LogP contribution in [-0.2, 0) is 0 Å². The van der Waals surface area contributed by atoms with Gasteiger partial charge in [0, 0.05) is 63.0 Å². The molecule has 0 radical (unpaired) electrons. The van der Waals surface area contributed by atoms with Crippen LogP contribution in [0.2, 0.25) is 0 Å². The van der Waals surface area contributed by atoms with Crippen molar-refractivity contribution in [1.29, 1.82) is 0 Å². The van der Waals surface area contributed by atoms with E-state index in [4.69, 9.17) is 4.98 Å². The molecule has 0 aliphatic carbocycles. The molecule has 0 saturated heterocycles. The van der Waals surface area contributed by atoms with Crippen LogP contribution in [0.5, 0.6) is 0 Å². The van der Waals surface area contributed by atoms with Gasteiger partial charge in [0.1, 0.15) is 5.01 Å². The number of rotatable bonds is 5. The van der Waals surface area contributed by atoms with Crippen molar-refractivity contribution in [2.75, 3.05) is 4.90 Å². The molecule has 3 aromatic heterocycles. The molecule has 10 aromatic rings. The number of fused-ring (bicyclic) bond motifs is 8. The van der Waals surface area contributed by atoms with Gasteiger partial charge in [0.2, 0.25) is 0 Å². The largest absolute Gasteiger partial charge is 0.310 e. The highest BCUT2D eigenvalue weighted by Gasteiger charge is 2.19. The van der Waals surface area contributed by atoms with Gasteiger partial charge in [-0.15, -0.1) is 34.0 Å². The first-order valence-electron chi connectivity index (χ1n) is 15.9. The van der Waals surface area contributed by atoms with Crippen molar-refractivity contribution in [3.63, 3.8) is 0 Å². The molecule has 0 aliphatic rings. The van der Waals surface area contributed by atoms with E-state index in [1.54, 1.807) is 11.3 Å². The number of thiazole rings is 1. The summed E-state index contributed by atoms with van der Waals surface area (Å²) in [6.07, 6.45) is 0. The quantitative estimate of drug-likeness (QED) is 0.182. The van der Waals surface area contributed by atoms with Gasteiger partial charge < -0.3 is 4.90 Å². The van der Waals surface area contributed by atoms with Crippen LogP contribution in [0.3, 0.4) is 0 Å². The van der Waals surface area contributed by atoms with E-state index in [2.05, 4.69) is 163 Å². The molecule has 0 saturated carbocycles. The van der Waals surface area contributed by atoms with Gasteiger partial charge in [-0.3, -0.25) is 0 Å². The van der Waals surface area contributed by atoms with Crippen LogP contribution >= 0.6 is 34.0 Å². The summed E-state index contributed by atoms with van der Waals surface area (Å²) >= 11 is 5.47. The summed E-state index contributed by atoms with van der Waals surface area (Å²) in [6.45, 7) is 0. The summed E-state index contributed by atoms with van der Waals surface area (Å²) in [6, 6.07) is 57.1. The fourth-order valence-corrected chi connectivity index (χ4v) is 10.0. The molecule has 7 aromatic carbocycles. The van der Waals surface area contributed by atoms with Crippen LogP contribution in [0.15, 0.2) is 158 Å². The van der Waals surface area contributed by atoms with Crippen molar-refractivity contribution < 1.29 is 0 Å². The molecule has 0 bridgehead atoms. The second-order valence-corrected chi connectivity index (χ2v) is 15.2.